The lowest BCUT2D eigenvalue weighted by Gasteiger charge is -2.07. The zero-order valence-corrected chi connectivity index (χ0v) is 10.2. The fraction of sp³-hybridized carbons (Fsp3) is 0.143. The summed E-state index contributed by atoms with van der Waals surface area (Å²) in [6.45, 7) is 1.88. The van der Waals surface area contributed by atoms with Crippen LogP contribution in [0.2, 0.25) is 0 Å². The van der Waals surface area contributed by atoms with Crippen LogP contribution in [0.4, 0.5) is 11.4 Å². The summed E-state index contributed by atoms with van der Waals surface area (Å²) >= 11 is 0. The van der Waals surface area contributed by atoms with Gasteiger partial charge in [0.15, 0.2) is 0 Å². The molecule has 0 unspecified atom stereocenters. The van der Waals surface area contributed by atoms with Crippen molar-refractivity contribution in [3.8, 4) is 0 Å². The molecule has 1 amide bonds. The molecular formula is C14H15N3O. The van der Waals surface area contributed by atoms with E-state index in [1.54, 1.807) is 18.3 Å². The Labute approximate surface area is 106 Å². The molecule has 1 aromatic carbocycles. The van der Waals surface area contributed by atoms with Crippen LogP contribution in [-0.2, 0) is 11.2 Å². The number of nitrogen functional groups attached to an aromatic ring is 1. The second-order valence-electron chi connectivity index (χ2n) is 4.11. The minimum Gasteiger partial charge on any atom is -0.398 e. The maximum absolute atomic E-state index is 11.9. The number of hydrogen-bond acceptors (Lipinski definition) is 3. The monoisotopic (exact) mass is 241 g/mol. The molecular weight excluding hydrogens is 226 g/mol. The number of nitrogens with two attached hydrogens (primary N) is 1. The number of amides is 1. The zero-order chi connectivity index (χ0) is 13.0. The number of rotatable bonds is 3. The van der Waals surface area contributed by atoms with Crippen LogP contribution in [-0.4, -0.2) is 10.9 Å². The smallest absolute Gasteiger partial charge is 0.228 e. The SMILES string of the molecule is Cc1cc(NC(=O)Cc2ccccc2N)ccn1. The lowest BCUT2D eigenvalue weighted by molar-refractivity contribution is -0.115. The Balaban J connectivity index is 2.03. The van der Waals surface area contributed by atoms with Crippen LogP contribution in [0.25, 0.3) is 0 Å². The van der Waals surface area contributed by atoms with Gasteiger partial charge in [0.05, 0.1) is 6.42 Å². The molecule has 4 heteroatoms. The molecule has 0 bridgehead atoms. The molecule has 18 heavy (non-hydrogen) atoms. The summed E-state index contributed by atoms with van der Waals surface area (Å²) in [6, 6.07) is 11.0. The first-order chi connectivity index (χ1) is 8.65. The first-order valence-corrected chi connectivity index (χ1v) is 5.71. The van der Waals surface area contributed by atoms with E-state index in [4.69, 9.17) is 5.73 Å². The van der Waals surface area contributed by atoms with Gasteiger partial charge in [-0.25, -0.2) is 0 Å². The molecule has 0 spiro atoms. The maximum Gasteiger partial charge on any atom is 0.228 e. The van der Waals surface area contributed by atoms with Crippen LogP contribution in [0.3, 0.4) is 0 Å². The molecule has 2 rings (SSSR count). The molecule has 0 saturated carbocycles. The van der Waals surface area contributed by atoms with Gasteiger partial charge in [-0.2, -0.15) is 0 Å². The standard InChI is InChI=1S/C14H15N3O/c1-10-8-12(6-7-16-10)17-14(18)9-11-4-2-3-5-13(11)15/h2-8H,9,15H2,1H3,(H,16,17,18). The summed E-state index contributed by atoms with van der Waals surface area (Å²) in [5.74, 6) is -0.0847. The van der Waals surface area contributed by atoms with Crippen molar-refractivity contribution in [1.29, 1.82) is 0 Å². The summed E-state index contributed by atoms with van der Waals surface area (Å²) < 4.78 is 0. The van der Waals surface area contributed by atoms with Gasteiger partial charge in [-0.05, 0) is 30.7 Å². The summed E-state index contributed by atoms with van der Waals surface area (Å²) in [5, 5.41) is 2.82. The average molecular weight is 241 g/mol. The number of carbonyl (C=O) groups is 1. The molecule has 0 fully saturated rings. The van der Waals surface area contributed by atoms with Gasteiger partial charge in [-0.1, -0.05) is 18.2 Å². The quantitative estimate of drug-likeness (QED) is 0.809. The summed E-state index contributed by atoms with van der Waals surface area (Å²) in [5.41, 5.74) is 8.89. The fourth-order valence-electron chi connectivity index (χ4n) is 1.70. The van der Waals surface area contributed by atoms with Gasteiger partial charge in [0.25, 0.3) is 0 Å². The number of anilines is 2. The average Bonchev–Trinajstić information content (AvgIpc) is 2.32. The number of carbonyl (C=O) groups excluding carboxylic acids is 1. The molecule has 1 heterocycles. The molecule has 3 N–H and O–H groups in total. The highest BCUT2D eigenvalue weighted by Crippen LogP contribution is 2.13. The van der Waals surface area contributed by atoms with Gasteiger partial charge in [0.1, 0.15) is 0 Å². The Morgan fingerprint density at radius 1 is 1.33 bits per heavy atom. The molecule has 4 nitrogen and oxygen atoms in total. The molecule has 0 atom stereocenters. The minimum absolute atomic E-state index is 0.0847. The Morgan fingerprint density at radius 3 is 2.83 bits per heavy atom. The van der Waals surface area contributed by atoms with E-state index in [0.717, 1.165) is 16.9 Å². The molecule has 0 aliphatic rings. The van der Waals surface area contributed by atoms with E-state index in [0.29, 0.717) is 5.69 Å². The molecule has 0 aliphatic heterocycles. The lowest BCUT2D eigenvalue weighted by atomic mass is 10.1. The highest BCUT2D eigenvalue weighted by molar-refractivity contribution is 5.92. The maximum atomic E-state index is 11.9. The first kappa shape index (κ1) is 12.1. The van der Waals surface area contributed by atoms with E-state index in [1.165, 1.54) is 0 Å². The molecule has 0 radical (unpaired) electrons. The van der Waals surface area contributed by atoms with Crippen molar-refractivity contribution in [3.63, 3.8) is 0 Å². The number of para-hydroxylation sites is 1. The highest BCUT2D eigenvalue weighted by atomic mass is 16.1. The second-order valence-corrected chi connectivity index (χ2v) is 4.11. The van der Waals surface area contributed by atoms with Crippen molar-refractivity contribution in [2.75, 3.05) is 11.1 Å². The van der Waals surface area contributed by atoms with Gasteiger partial charge in [-0.15, -0.1) is 0 Å². The molecule has 0 aliphatic carbocycles. The number of aromatic nitrogens is 1. The summed E-state index contributed by atoms with van der Waals surface area (Å²) in [4.78, 5) is 15.9. The van der Waals surface area contributed by atoms with E-state index in [1.807, 2.05) is 31.2 Å². The number of nitrogens with zero attached hydrogens (tertiary/aromatic N) is 1. The van der Waals surface area contributed by atoms with Crippen molar-refractivity contribution in [2.45, 2.75) is 13.3 Å². The van der Waals surface area contributed by atoms with Gasteiger partial charge in [-0.3, -0.25) is 9.78 Å². The van der Waals surface area contributed by atoms with Crippen LogP contribution in [0.1, 0.15) is 11.3 Å². The lowest BCUT2D eigenvalue weighted by Crippen LogP contribution is -2.15. The van der Waals surface area contributed by atoms with Crippen LogP contribution in [0.15, 0.2) is 42.6 Å². The van der Waals surface area contributed by atoms with Gasteiger partial charge >= 0.3 is 0 Å². The predicted octanol–water partition coefficient (Wildman–Crippen LogP) is 2.15. The number of benzene rings is 1. The first-order valence-electron chi connectivity index (χ1n) is 5.71. The fourth-order valence-corrected chi connectivity index (χ4v) is 1.70. The van der Waals surface area contributed by atoms with Crippen molar-refractivity contribution in [3.05, 3.63) is 53.9 Å². The number of aryl methyl sites for hydroxylation is 1. The Morgan fingerprint density at radius 2 is 2.11 bits per heavy atom. The molecule has 92 valence electrons. The number of nitrogens with one attached hydrogen (secondary N) is 1. The van der Waals surface area contributed by atoms with Crippen molar-refractivity contribution in [1.82, 2.24) is 4.98 Å². The van der Waals surface area contributed by atoms with Crippen LogP contribution in [0.5, 0.6) is 0 Å². The second kappa shape index (κ2) is 5.31. The Hall–Kier alpha value is -2.36. The van der Waals surface area contributed by atoms with Crippen LogP contribution < -0.4 is 11.1 Å². The largest absolute Gasteiger partial charge is 0.398 e. The zero-order valence-electron chi connectivity index (χ0n) is 10.2. The van der Waals surface area contributed by atoms with Gasteiger partial charge < -0.3 is 11.1 Å². The van der Waals surface area contributed by atoms with E-state index in [-0.39, 0.29) is 12.3 Å². The van der Waals surface area contributed by atoms with E-state index in [9.17, 15) is 4.79 Å². The van der Waals surface area contributed by atoms with Crippen LogP contribution >= 0.6 is 0 Å². The van der Waals surface area contributed by atoms with E-state index < -0.39 is 0 Å². The summed E-state index contributed by atoms with van der Waals surface area (Å²) in [6.07, 6.45) is 1.94. The Bertz CT molecular complexity index is 566. The van der Waals surface area contributed by atoms with Gasteiger partial charge in [0, 0.05) is 23.3 Å². The normalized spacial score (nSPS) is 10.1. The minimum atomic E-state index is -0.0847. The predicted molar refractivity (Wildman–Crippen MR) is 72.2 cm³/mol. The molecule has 2 aromatic rings. The van der Waals surface area contributed by atoms with Crippen LogP contribution in [0, 0.1) is 6.92 Å². The summed E-state index contributed by atoms with van der Waals surface area (Å²) in [7, 11) is 0. The van der Waals surface area contributed by atoms with E-state index >= 15 is 0 Å². The van der Waals surface area contributed by atoms with E-state index in [2.05, 4.69) is 10.3 Å². The number of hydrogen-bond donors (Lipinski definition) is 2. The third kappa shape index (κ3) is 3.07. The molecule has 1 aromatic heterocycles. The third-order valence-electron chi connectivity index (χ3n) is 2.59. The Kier molecular flexibility index (Phi) is 3.57. The molecule has 0 saturated heterocycles. The third-order valence-corrected chi connectivity index (χ3v) is 2.59. The van der Waals surface area contributed by atoms with Crippen molar-refractivity contribution >= 4 is 17.3 Å². The van der Waals surface area contributed by atoms with Crippen molar-refractivity contribution < 1.29 is 4.79 Å². The highest BCUT2D eigenvalue weighted by Gasteiger charge is 2.06. The van der Waals surface area contributed by atoms with Gasteiger partial charge in [0.2, 0.25) is 5.91 Å². The number of pyridine rings is 1. The topological polar surface area (TPSA) is 68.0 Å². The van der Waals surface area contributed by atoms with Crippen molar-refractivity contribution in [2.24, 2.45) is 0 Å².